The summed E-state index contributed by atoms with van der Waals surface area (Å²) in [7, 11) is 1.97. The van der Waals surface area contributed by atoms with Crippen LogP contribution in [0.3, 0.4) is 0 Å². The largest absolute Gasteiger partial charge is 0.348 e. The molecule has 0 atom stereocenters. The molecule has 0 unspecified atom stereocenters. The van der Waals surface area contributed by atoms with Crippen LogP contribution < -0.4 is 0 Å². The first-order valence-corrected chi connectivity index (χ1v) is 7.66. The van der Waals surface area contributed by atoms with Crippen molar-refractivity contribution in [2.24, 2.45) is 7.05 Å². The Kier molecular flexibility index (Phi) is 3.72. The Bertz CT molecular complexity index is 1000. The van der Waals surface area contributed by atoms with Gasteiger partial charge < -0.3 is 4.57 Å². The Hall–Kier alpha value is -2.95. The number of rotatable bonds is 3. The molecule has 0 bridgehead atoms. The highest BCUT2D eigenvalue weighted by Gasteiger charge is 2.20. The van der Waals surface area contributed by atoms with E-state index in [2.05, 4.69) is 4.57 Å². The molecule has 1 heterocycles. The number of carbonyl (C=O) groups is 1. The van der Waals surface area contributed by atoms with E-state index in [1.807, 2.05) is 39.1 Å². The molecule has 0 amide bonds. The van der Waals surface area contributed by atoms with Crippen molar-refractivity contribution < 1.29 is 9.72 Å². The first kappa shape index (κ1) is 15.9. The number of nitrogens with zero attached hydrogens (tertiary/aromatic N) is 2. The number of hydrogen-bond donors (Lipinski definition) is 0. The minimum absolute atomic E-state index is 0.0179. The smallest absolute Gasteiger partial charge is 0.270 e. The van der Waals surface area contributed by atoms with Crippen LogP contribution in [-0.2, 0) is 7.05 Å². The number of fused-ring (bicyclic) bond motifs is 1. The lowest BCUT2D eigenvalue weighted by Crippen LogP contribution is -2.02. The fourth-order valence-corrected chi connectivity index (χ4v) is 3.26. The van der Waals surface area contributed by atoms with Gasteiger partial charge >= 0.3 is 0 Å². The maximum Gasteiger partial charge on any atom is 0.270 e. The molecule has 0 radical (unpaired) electrons. The van der Waals surface area contributed by atoms with Crippen molar-refractivity contribution in [3.8, 4) is 11.1 Å². The molecule has 0 aliphatic carbocycles. The fourth-order valence-electron chi connectivity index (χ4n) is 3.26. The van der Waals surface area contributed by atoms with Crippen LogP contribution >= 0.6 is 0 Å². The molecule has 2 aromatic carbocycles. The van der Waals surface area contributed by atoms with Crippen molar-refractivity contribution >= 4 is 22.4 Å². The van der Waals surface area contributed by atoms with E-state index < -0.39 is 4.92 Å². The van der Waals surface area contributed by atoms with Gasteiger partial charge in [-0.3, -0.25) is 14.9 Å². The summed E-state index contributed by atoms with van der Waals surface area (Å²) in [5, 5.41) is 12.1. The minimum atomic E-state index is -0.416. The lowest BCUT2D eigenvalue weighted by molar-refractivity contribution is -0.384. The average Bonchev–Trinajstić information content (AvgIpc) is 2.81. The normalized spacial score (nSPS) is 11.0. The van der Waals surface area contributed by atoms with E-state index in [-0.39, 0.29) is 11.5 Å². The number of ketones is 1. The van der Waals surface area contributed by atoms with Crippen molar-refractivity contribution in [2.45, 2.75) is 20.8 Å². The number of nitro groups is 1. The van der Waals surface area contributed by atoms with E-state index in [0.717, 1.165) is 27.7 Å². The van der Waals surface area contributed by atoms with Gasteiger partial charge in [0, 0.05) is 46.9 Å². The molecule has 0 fully saturated rings. The lowest BCUT2D eigenvalue weighted by atomic mass is 9.90. The van der Waals surface area contributed by atoms with Gasteiger partial charge in [0.2, 0.25) is 0 Å². The number of aromatic nitrogens is 1. The van der Waals surface area contributed by atoms with Crippen LogP contribution in [0.1, 0.15) is 28.5 Å². The maximum absolute atomic E-state index is 12.3. The predicted molar refractivity (Wildman–Crippen MR) is 94.5 cm³/mol. The number of carbonyl (C=O) groups excluding carboxylic acids is 1. The van der Waals surface area contributed by atoms with Gasteiger partial charge in [-0.1, -0.05) is 12.1 Å². The van der Waals surface area contributed by atoms with Gasteiger partial charge in [-0.05, 0) is 44.0 Å². The van der Waals surface area contributed by atoms with Crippen LogP contribution in [-0.4, -0.2) is 15.3 Å². The summed E-state index contributed by atoms with van der Waals surface area (Å²) in [6.07, 6.45) is 0. The van der Waals surface area contributed by atoms with Crippen LogP contribution in [0.5, 0.6) is 0 Å². The van der Waals surface area contributed by atoms with Gasteiger partial charge in [-0.15, -0.1) is 0 Å². The molecule has 5 heteroatoms. The molecule has 0 aliphatic rings. The van der Waals surface area contributed by atoms with Crippen molar-refractivity contribution in [3.63, 3.8) is 0 Å². The molecule has 24 heavy (non-hydrogen) atoms. The Morgan fingerprint density at radius 2 is 1.88 bits per heavy atom. The Balaban J connectivity index is 2.47. The van der Waals surface area contributed by atoms with Crippen LogP contribution in [0.4, 0.5) is 5.69 Å². The average molecular weight is 322 g/mol. The van der Waals surface area contributed by atoms with Crippen LogP contribution in [0.2, 0.25) is 0 Å². The van der Waals surface area contributed by atoms with Gasteiger partial charge in [0.15, 0.2) is 5.78 Å². The van der Waals surface area contributed by atoms with Crippen LogP contribution in [0.25, 0.3) is 22.0 Å². The van der Waals surface area contributed by atoms with Gasteiger partial charge in [-0.2, -0.15) is 0 Å². The number of benzene rings is 2. The van der Waals surface area contributed by atoms with E-state index in [1.54, 1.807) is 6.07 Å². The second-order valence-corrected chi connectivity index (χ2v) is 6.08. The first-order chi connectivity index (χ1) is 11.3. The number of non-ortho nitro benzene ring substituents is 1. The molecular formula is C19H18N2O3. The highest BCUT2D eigenvalue weighted by atomic mass is 16.6. The molecule has 0 saturated carbocycles. The highest BCUT2D eigenvalue weighted by Crippen LogP contribution is 2.37. The van der Waals surface area contributed by atoms with E-state index in [0.29, 0.717) is 11.1 Å². The van der Waals surface area contributed by atoms with E-state index in [9.17, 15) is 14.9 Å². The lowest BCUT2D eigenvalue weighted by Gasteiger charge is -2.13. The summed E-state index contributed by atoms with van der Waals surface area (Å²) in [6, 6.07) is 10.5. The third kappa shape index (κ3) is 2.38. The summed E-state index contributed by atoms with van der Waals surface area (Å²) >= 11 is 0. The molecule has 1 aromatic heterocycles. The van der Waals surface area contributed by atoms with Crippen molar-refractivity contribution in [1.29, 1.82) is 0 Å². The number of nitro benzene ring substituents is 1. The molecular weight excluding hydrogens is 304 g/mol. The maximum atomic E-state index is 12.3. The Morgan fingerprint density at radius 1 is 1.17 bits per heavy atom. The Labute approximate surface area is 139 Å². The molecule has 0 aliphatic heterocycles. The number of hydrogen-bond acceptors (Lipinski definition) is 3. The topological polar surface area (TPSA) is 65.1 Å². The van der Waals surface area contributed by atoms with Gasteiger partial charge in [-0.25, -0.2) is 0 Å². The zero-order valence-corrected chi connectivity index (χ0v) is 14.1. The second kappa shape index (κ2) is 5.60. The monoisotopic (exact) mass is 322 g/mol. The molecule has 0 saturated heterocycles. The van der Waals surface area contributed by atoms with E-state index in [4.69, 9.17) is 0 Å². The second-order valence-electron chi connectivity index (χ2n) is 6.08. The Morgan fingerprint density at radius 3 is 2.50 bits per heavy atom. The van der Waals surface area contributed by atoms with Crippen LogP contribution in [0, 0.1) is 24.0 Å². The van der Waals surface area contributed by atoms with Crippen molar-refractivity contribution in [1.82, 2.24) is 4.57 Å². The number of Topliss-reactive ketones (excluding diaryl/α,β-unsaturated/α-hetero) is 1. The molecule has 3 aromatic rings. The summed E-state index contributed by atoms with van der Waals surface area (Å²) in [5.41, 5.74) is 5.04. The van der Waals surface area contributed by atoms with E-state index in [1.165, 1.54) is 19.1 Å². The SMILES string of the molecule is CC(=O)c1c(C)cc2c(cc(C)n2C)c1-c1cccc([N+](=O)[O-])c1. The van der Waals surface area contributed by atoms with Crippen LogP contribution in [0.15, 0.2) is 36.4 Å². The fraction of sp³-hybridized carbons (Fsp3) is 0.211. The van der Waals surface area contributed by atoms with Crippen molar-refractivity contribution in [3.05, 3.63) is 63.3 Å². The zero-order chi connectivity index (χ0) is 17.6. The standard InChI is InChI=1S/C19H18N2O3/c1-11-8-17-16(9-12(2)20(17)4)19(18(11)13(3)22)14-6-5-7-15(10-14)21(23)24/h5-10H,1-4H3. The third-order valence-corrected chi connectivity index (χ3v) is 4.48. The number of aryl methyl sites for hydroxylation is 3. The molecule has 0 N–H and O–H groups in total. The summed E-state index contributed by atoms with van der Waals surface area (Å²) in [4.78, 5) is 23.0. The molecule has 122 valence electrons. The quantitative estimate of drug-likeness (QED) is 0.403. The van der Waals surface area contributed by atoms with Gasteiger partial charge in [0.25, 0.3) is 5.69 Å². The summed E-state index contributed by atoms with van der Waals surface area (Å²) < 4.78 is 2.06. The molecule has 3 rings (SSSR count). The van der Waals surface area contributed by atoms with E-state index >= 15 is 0 Å². The predicted octanol–water partition coefficient (Wildman–Crippen LogP) is 4.57. The highest BCUT2D eigenvalue weighted by molar-refractivity contribution is 6.11. The summed E-state index contributed by atoms with van der Waals surface area (Å²) in [5.74, 6) is -0.0441. The zero-order valence-electron chi connectivity index (χ0n) is 14.1. The third-order valence-electron chi connectivity index (χ3n) is 4.48. The first-order valence-electron chi connectivity index (χ1n) is 7.66. The summed E-state index contributed by atoms with van der Waals surface area (Å²) in [6.45, 7) is 5.43. The molecule has 0 spiro atoms. The molecule has 5 nitrogen and oxygen atoms in total. The van der Waals surface area contributed by atoms with Gasteiger partial charge in [0.05, 0.1) is 4.92 Å². The minimum Gasteiger partial charge on any atom is -0.348 e. The van der Waals surface area contributed by atoms with Crippen molar-refractivity contribution in [2.75, 3.05) is 0 Å². The van der Waals surface area contributed by atoms with Gasteiger partial charge in [0.1, 0.15) is 0 Å².